The second kappa shape index (κ2) is 2.67. The average molecular weight is 196 g/mol. The number of benzene rings is 2. The molecule has 1 aliphatic carbocycles. The summed E-state index contributed by atoms with van der Waals surface area (Å²) in [5.41, 5.74) is 9.05. The predicted molar refractivity (Wildman–Crippen MR) is 58.5 cm³/mol. The monoisotopic (exact) mass is 196 g/mol. The molecule has 2 aromatic rings. The first-order chi connectivity index (χ1) is 7.33. The van der Waals surface area contributed by atoms with Crippen LogP contribution in [0.2, 0.25) is 0 Å². The summed E-state index contributed by atoms with van der Waals surface area (Å²) in [5.74, 6) is 0.108. The van der Waals surface area contributed by atoms with Gasteiger partial charge in [-0.05, 0) is 5.39 Å². The van der Waals surface area contributed by atoms with Crippen LogP contribution in [0, 0.1) is 5.53 Å². The molecule has 72 valence electrons. The Kier molecular flexibility index (Phi) is 1.45. The van der Waals surface area contributed by atoms with Gasteiger partial charge >= 0.3 is 0 Å². The maximum atomic E-state index is 9.89. The molecule has 3 rings (SSSR count). The first kappa shape index (κ1) is 8.17. The molecule has 0 heterocycles. The van der Waals surface area contributed by atoms with Gasteiger partial charge in [-0.3, -0.25) is 0 Å². The van der Waals surface area contributed by atoms with Crippen LogP contribution in [0.1, 0.15) is 11.1 Å². The fourth-order valence-corrected chi connectivity index (χ4v) is 2.10. The number of nitrogens with one attached hydrogen (secondary N) is 1. The summed E-state index contributed by atoms with van der Waals surface area (Å²) in [7, 11) is 0. The zero-order chi connectivity index (χ0) is 10.4. The lowest BCUT2D eigenvalue weighted by atomic mass is 10.0. The standard InChI is InChI=1S/C12H8N2O/c13-14-11-8-5-1-3-7-4-2-6-9(10(7)8)12(11)15/h1-6,13,15H. The summed E-state index contributed by atoms with van der Waals surface area (Å²) < 4.78 is 0. The molecular weight excluding hydrogens is 188 g/mol. The van der Waals surface area contributed by atoms with Gasteiger partial charge in [-0.2, -0.15) is 5.11 Å². The molecule has 0 unspecified atom stereocenters. The molecule has 0 spiro atoms. The highest BCUT2D eigenvalue weighted by Crippen LogP contribution is 2.40. The highest BCUT2D eigenvalue weighted by atomic mass is 16.3. The van der Waals surface area contributed by atoms with E-state index in [-0.39, 0.29) is 5.76 Å². The third kappa shape index (κ3) is 0.892. The Balaban J connectivity index is 2.55. The first-order valence-corrected chi connectivity index (χ1v) is 4.66. The van der Waals surface area contributed by atoms with Crippen LogP contribution in [-0.4, -0.2) is 5.11 Å². The van der Waals surface area contributed by atoms with Gasteiger partial charge in [0.2, 0.25) is 0 Å². The van der Waals surface area contributed by atoms with Gasteiger partial charge in [-0.15, -0.1) is 0 Å². The van der Waals surface area contributed by atoms with E-state index in [1.807, 2.05) is 36.4 Å². The zero-order valence-corrected chi connectivity index (χ0v) is 7.86. The minimum atomic E-state index is 0.108. The topological polar surface area (TPSA) is 56.4 Å². The number of aliphatic hydroxyl groups is 1. The summed E-state index contributed by atoms with van der Waals surface area (Å²) in [5, 5.41) is 15.3. The summed E-state index contributed by atoms with van der Waals surface area (Å²) in [4.78, 5) is 0. The molecule has 0 atom stereocenters. The molecule has 0 radical (unpaired) electrons. The van der Waals surface area contributed by atoms with Crippen LogP contribution in [0.25, 0.3) is 22.2 Å². The van der Waals surface area contributed by atoms with Crippen molar-refractivity contribution in [3.63, 3.8) is 0 Å². The Morgan fingerprint density at radius 1 is 1.00 bits per heavy atom. The van der Waals surface area contributed by atoms with Crippen molar-refractivity contribution in [2.24, 2.45) is 5.11 Å². The van der Waals surface area contributed by atoms with E-state index in [0.29, 0.717) is 5.70 Å². The van der Waals surface area contributed by atoms with Crippen molar-refractivity contribution in [2.75, 3.05) is 0 Å². The molecule has 0 fully saturated rings. The van der Waals surface area contributed by atoms with Gasteiger partial charge in [0.15, 0.2) is 5.76 Å². The van der Waals surface area contributed by atoms with Crippen LogP contribution >= 0.6 is 0 Å². The second-order valence-electron chi connectivity index (χ2n) is 3.52. The molecule has 3 nitrogen and oxygen atoms in total. The predicted octanol–water partition coefficient (Wildman–Crippen LogP) is 3.57. The lowest BCUT2D eigenvalue weighted by molar-refractivity contribution is 0.514. The smallest absolute Gasteiger partial charge is 0.151 e. The largest absolute Gasteiger partial charge is 0.505 e. The summed E-state index contributed by atoms with van der Waals surface area (Å²) in [6, 6.07) is 11.5. The van der Waals surface area contributed by atoms with E-state index in [1.165, 1.54) is 0 Å². The highest BCUT2D eigenvalue weighted by Gasteiger charge is 2.23. The molecule has 0 bridgehead atoms. The van der Waals surface area contributed by atoms with Gasteiger partial charge in [0.05, 0.1) is 0 Å². The van der Waals surface area contributed by atoms with E-state index in [1.54, 1.807) is 0 Å². The van der Waals surface area contributed by atoms with Crippen LogP contribution < -0.4 is 0 Å². The fourth-order valence-electron chi connectivity index (χ4n) is 2.10. The number of hydrogen-bond acceptors (Lipinski definition) is 3. The van der Waals surface area contributed by atoms with Crippen molar-refractivity contribution < 1.29 is 5.11 Å². The Morgan fingerprint density at radius 2 is 1.67 bits per heavy atom. The van der Waals surface area contributed by atoms with Gasteiger partial charge < -0.3 is 5.11 Å². The Hall–Kier alpha value is -2.16. The Bertz CT molecular complexity index is 609. The van der Waals surface area contributed by atoms with E-state index in [0.717, 1.165) is 21.9 Å². The van der Waals surface area contributed by atoms with Gasteiger partial charge in [-0.25, -0.2) is 5.53 Å². The third-order valence-corrected chi connectivity index (χ3v) is 2.75. The molecule has 15 heavy (non-hydrogen) atoms. The molecule has 1 aliphatic rings. The van der Waals surface area contributed by atoms with Crippen LogP contribution in [0.4, 0.5) is 0 Å². The van der Waals surface area contributed by atoms with E-state index < -0.39 is 0 Å². The van der Waals surface area contributed by atoms with Gasteiger partial charge in [0.25, 0.3) is 0 Å². The molecule has 0 amide bonds. The maximum absolute atomic E-state index is 9.89. The lowest BCUT2D eigenvalue weighted by Crippen LogP contribution is -1.79. The Labute approximate surface area is 86.2 Å². The van der Waals surface area contributed by atoms with Crippen molar-refractivity contribution >= 4 is 22.2 Å². The second-order valence-corrected chi connectivity index (χ2v) is 3.52. The summed E-state index contributed by atoms with van der Waals surface area (Å²) in [6.07, 6.45) is 0. The molecule has 0 saturated carbocycles. The molecule has 2 N–H and O–H groups in total. The number of hydrogen-bond donors (Lipinski definition) is 2. The average Bonchev–Trinajstić information content (AvgIpc) is 2.55. The van der Waals surface area contributed by atoms with Gasteiger partial charge in [-0.1, -0.05) is 36.4 Å². The lowest BCUT2D eigenvalue weighted by Gasteiger charge is -2.00. The molecule has 0 saturated heterocycles. The zero-order valence-electron chi connectivity index (χ0n) is 7.86. The van der Waals surface area contributed by atoms with Gasteiger partial charge in [0.1, 0.15) is 5.70 Å². The summed E-state index contributed by atoms with van der Waals surface area (Å²) >= 11 is 0. The van der Waals surface area contributed by atoms with E-state index in [4.69, 9.17) is 5.53 Å². The molecule has 3 heteroatoms. The van der Waals surface area contributed by atoms with Crippen molar-refractivity contribution in [2.45, 2.75) is 0 Å². The maximum Gasteiger partial charge on any atom is 0.151 e. The van der Waals surface area contributed by atoms with E-state index >= 15 is 0 Å². The number of rotatable bonds is 1. The Morgan fingerprint density at radius 3 is 2.33 bits per heavy atom. The normalized spacial score (nSPS) is 13.6. The van der Waals surface area contributed by atoms with Crippen LogP contribution in [0.15, 0.2) is 41.5 Å². The third-order valence-electron chi connectivity index (χ3n) is 2.75. The first-order valence-electron chi connectivity index (χ1n) is 4.66. The van der Waals surface area contributed by atoms with E-state index in [9.17, 15) is 5.11 Å². The van der Waals surface area contributed by atoms with E-state index in [2.05, 4.69) is 5.11 Å². The van der Waals surface area contributed by atoms with Crippen molar-refractivity contribution in [3.05, 3.63) is 47.5 Å². The minimum Gasteiger partial charge on any atom is -0.505 e. The van der Waals surface area contributed by atoms with Crippen LogP contribution in [-0.2, 0) is 0 Å². The number of aliphatic hydroxyl groups excluding tert-OH is 1. The van der Waals surface area contributed by atoms with Crippen LogP contribution in [0.3, 0.4) is 0 Å². The van der Waals surface area contributed by atoms with Gasteiger partial charge in [0, 0.05) is 16.5 Å². The SMILES string of the molecule is N=NC1=C(O)c2cccc3cccc1c23. The molecule has 0 aliphatic heterocycles. The highest BCUT2D eigenvalue weighted by molar-refractivity contribution is 6.11. The quantitative estimate of drug-likeness (QED) is 0.673. The molecular formula is C12H8N2O. The minimum absolute atomic E-state index is 0.108. The fraction of sp³-hybridized carbons (Fsp3) is 0. The van der Waals surface area contributed by atoms with Crippen molar-refractivity contribution in [1.82, 2.24) is 0 Å². The molecule has 2 aromatic carbocycles. The number of nitrogens with zero attached hydrogens (tertiary/aromatic N) is 1. The van der Waals surface area contributed by atoms with Crippen LogP contribution in [0.5, 0.6) is 0 Å². The van der Waals surface area contributed by atoms with Crippen molar-refractivity contribution in [1.29, 1.82) is 5.53 Å². The van der Waals surface area contributed by atoms with Crippen molar-refractivity contribution in [3.8, 4) is 0 Å². The summed E-state index contributed by atoms with van der Waals surface area (Å²) in [6.45, 7) is 0. The molecule has 0 aromatic heterocycles.